The molecule has 0 aliphatic heterocycles. The van der Waals surface area contributed by atoms with E-state index >= 15 is 0 Å². The highest BCUT2D eigenvalue weighted by Crippen LogP contribution is 2.25. The Balaban J connectivity index is 2.14. The summed E-state index contributed by atoms with van der Waals surface area (Å²) in [6, 6.07) is 7.70. The van der Waals surface area contributed by atoms with Crippen LogP contribution >= 0.6 is 0 Å². The number of anilines is 1. The van der Waals surface area contributed by atoms with Gasteiger partial charge in [0.15, 0.2) is 0 Å². The molecule has 2 aromatic rings. The number of hydrogen-bond acceptors (Lipinski definition) is 5. The van der Waals surface area contributed by atoms with Crippen LogP contribution < -0.4 is 5.32 Å². The molecule has 6 heteroatoms. The third-order valence-electron chi connectivity index (χ3n) is 2.64. The molecule has 5 nitrogen and oxygen atoms in total. The maximum atomic E-state index is 12.9. The normalized spacial score (nSPS) is 10.2. The van der Waals surface area contributed by atoms with E-state index < -0.39 is 0 Å². The zero-order chi connectivity index (χ0) is 14.4. The van der Waals surface area contributed by atoms with Crippen molar-refractivity contribution in [1.82, 2.24) is 4.98 Å². The molecule has 1 aromatic heterocycles. The van der Waals surface area contributed by atoms with E-state index in [-0.39, 0.29) is 17.4 Å². The van der Waals surface area contributed by atoms with Crippen LogP contribution in [-0.4, -0.2) is 25.2 Å². The van der Waals surface area contributed by atoms with Crippen molar-refractivity contribution in [2.45, 2.75) is 6.42 Å². The minimum atomic E-state index is -0.335. The molecule has 0 bridgehead atoms. The molecule has 2 rings (SSSR count). The largest absolute Gasteiger partial charge is 0.419 e. The first-order valence-corrected chi connectivity index (χ1v) is 6.14. The number of nitriles is 1. The first kappa shape index (κ1) is 14.0. The fourth-order valence-electron chi connectivity index (χ4n) is 1.65. The van der Waals surface area contributed by atoms with E-state index in [1.54, 1.807) is 19.2 Å². The summed E-state index contributed by atoms with van der Waals surface area (Å²) in [6.07, 6.45) is 0.786. The van der Waals surface area contributed by atoms with Crippen LogP contribution in [0.4, 0.5) is 10.3 Å². The van der Waals surface area contributed by atoms with Crippen LogP contribution in [0, 0.1) is 17.1 Å². The van der Waals surface area contributed by atoms with Crippen molar-refractivity contribution >= 4 is 5.88 Å². The average Bonchev–Trinajstić information content (AvgIpc) is 2.87. The van der Waals surface area contributed by atoms with Crippen LogP contribution in [0.3, 0.4) is 0 Å². The molecule has 0 aliphatic rings. The van der Waals surface area contributed by atoms with Crippen LogP contribution in [0.2, 0.25) is 0 Å². The van der Waals surface area contributed by atoms with Gasteiger partial charge in [-0.15, -0.1) is 0 Å². The van der Waals surface area contributed by atoms with E-state index in [1.807, 2.05) is 6.07 Å². The minimum absolute atomic E-state index is 0.182. The van der Waals surface area contributed by atoms with Crippen molar-refractivity contribution in [3.8, 4) is 17.5 Å². The molecule has 1 aromatic carbocycles. The lowest BCUT2D eigenvalue weighted by atomic mass is 10.2. The highest BCUT2D eigenvalue weighted by Gasteiger charge is 2.14. The van der Waals surface area contributed by atoms with Gasteiger partial charge in [0.1, 0.15) is 11.9 Å². The van der Waals surface area contributed by atoms with Crippen molar-refractivity contribution in [1.29, 1.82) is 5.26 Å². The number of methoxy groups -OCH3 is 1. The third kappa shape index (κ3) is 3.33. The van der Waals surface area contributed by atoms with Gasteiger partial charge in [-0.3, -0.25) is 0 Å². The Morgan fingerprint density at radius 1 is 1.40 bits per heavy atom. The van der Waals surface area contributed by atoms with Crippen LogP contribution in [0.25, 0.3) is 11.5 Å². The van der Waals surface area contributed by atoms with Gasteiger partial charge in [0.05, 0.1) is 0 Å². The molecular formula is C14H14FN3O2. The van der Waals surface area contributed by atoms with Crippen molar-refractivity contribution in [2.24, 2.45) is 0 Å². The van der Waals surface area contributed by atoms with E-state index in [9.17, 15) is 4.39 Å². The number of oxazole rings is 1. The Hall–Kier alpha value is -2.39. The summed E-state index contributed by atoms with van der Waals surface area (Å²) in [7, 11) is 1.63. The van der Waals surface area contributed by atoms with Gasteiger partial charge in [-0.1, -0.05) is 0 Å². The molecule has 0 aliphatic carbocycles. The number of nitrogens with one attached hydrogen (secondary N) is 1. The summed E-state index contributed by atoms with van der Waals surface area (Å²) < 4.78 is 23.3. The quantitative estimate of drug-likeness (QED) is 0.821. The van der Waals surface area contributed by atoms with Gasteiger partial charge in [-0.05, 0) is 30.7 Å². The standard InChI is InChI=1S/C14H14FN3O2/c1-19-8-2-7-17-14-12(9-16)18-13(20-14)10-3-5-11(15)6-4-10/h3-6,17H,2,7-8H2,1H3. The first-order chi connectivity index (χ1) is 9.74. The molecule has 104 valence electrons. The Morgan fingerprint density at radius 2 is 2.15 bits per heavy atom. The number of hydrogen-bond donors (Lipinski definition) is 1. The zero-order valence-electron chi connectivity index (χ0n) is 11.0. The molecule has 0 saturated heterocycles. The molecule has 0 radical (unpaired) electrons. The van der Waals surface area contributed by atoms with E-state index in [2.05, 4.69) is 10.3 Å². The summed E-state index contributed by atoms with van der Waals surface area (Å²) in [5.41, 5.74) is 0.801. The van der Waals surface area contributed by atoms with Crippen LogP contribution in [0.1, 0.15) is 12.1 Å². The molecular weight excluding hydrogens is 261 g/mol. The van der Waals surface area contributed by atoms with Gasteiger partial charge in [0.25, 0.3) is 0 Å². The van der Waals surface area contributed by atoms with Gasteiger partial charge in [-0.2, -0.15) is 10.2 Å². The molecule has 0 unspecified atom stereocenters. The zero-order valence-corrected chi connectivity index (χ0v) is 11.0. The lowest BCUT2D eigenvalue weighted by Gasteiger charge is -2.01. The SMILES string of the molecule is COCCCNc1oc(-c2ccc(F)cc2)nc1C#N. The predicted molar refractivity (Wildman–Crippen MR) is 71.6 cm³/mol. The Morgan fingerprint density at radius 3 is 2.80 bits per heavy atom. The van der Waals surface area contributed by atoms with Crippen molar-refractivity contribution in [2.75, 3.05) is 25.6 Å². The Labute approximate surface area is 116 Å². The molecule has 0 amide bonds. The topological polar surface area (TPSA) is 71.1 Å². The average molecular weight is 275 g/mol. The second-order valence-electron chi connectivity index (χ2n) is 4.09. The monoisotopic (exact) mass is 275 g/mol. The summed E-state index contributed by atoms with van der Waals surface area (Å²) in [5, 5.41) is 12.0. The van der Waals surface area contributed by atoms with E-state index in [1.165, 1.54) is 12.1 Å². The summed E-state index contributed by atoms with van der Waals surface area (Å²) in [5.74, 6) is 0.275. The number of halogens is 1. The fourth-order valence-corrected chi connectivity index (χ4v) is 1.65. The maximum absolute atomic E-state index is 12.9. The second-order valence-corrected chi connectivity index (χ2v) is 4.09. The van der Waals surface area contributed by atoms with Crippen molar-refractivity contribution in [3.05, 3.63) is 35.8 Å². The number of ether oxygens (including phenoxy) is 1. The fraction of sp³-hybridized carbons (Fsp3) is 0.286. The first-order valence-electron chi connectivity index (χ1n) is 6.14. The van der Waals surface area contributed by atoms with Crippen LogP contribution in [0.5, 0.6) is 0 Å². The van der Waals surface area contributed by atoms with Crippen LogP contribution in [0.15, 0.2) is 28.7 Å². The van der Waals surface area contributed by atoms with Gasteiger partial charge in [0.2, 0.25) is 17.5 Å². The summed E-state index contributed by atoms with van der Waals surface area (Å²) in [6.45, 7) is 1.23. The lowest BCUT2D eigenvalue weighted by Crippen LogP contribution is -2.04. The Kier molecular flexibility index (Phi) is 4.69. The summed E-state index contributed by atoms with van der Waals surface area (Å²) >= 11 is 0. The van der Waals surface area contributed by atoms with Gasteiger partial charge in [0, 0.05) is 25.8 Å². The second kappa shape index (κ2) is 6.68. The number of aromatic nitrogens is 1. The third-order valence-corrected chi connectivity index (χ3v) is 2.64. The number of nitrogens with zero attached hydrogens (tertiary/aromatic N) is 2. The molecule has 20 heavy (non-hydrogen) atoms. The predicted octanol–water partition coefficient (Wildman–Crippen LogP) is 2.80. The van der Waals surface area contributed by atoms with Crippen LogP contribution in [-0.2, 0) is 4.74 Å². The van der Waals surface area contributed by atoms with Gasteiger partial charge in [-0.25, -0.2) is 4.39 Å². The van der Waals surface area contributed by atoms with Crippen molar-refractivity contribution < 1.29 is 13.5 Å². The number of rotatable bonds is 6. The number of benzene rings is 1. The van der Waals surface area contributed by atoms with Gasteiger partial charge < -0.3 is 14.5 Å². The molecule has 1 heterocycles. The molecule has 0 spiro atoms. The lowest BCUT2D eigenvalue weighted by molar-refractivity contribution is 0.197. The van der Waals surface area contributed by atoms with E-state index in [0.717, 1.165) is 6.42 Å². The molecule has 0 fully saturated rings. The molecule has 1 N–H and O–H groups in total. The Bertz CT molecular complexity index is 602. The smallest absolute Gasteiger partial charge is 0.232 e. The molecule has 0 atom stereocenters. The maximum Gasteiger partial charge on any atom is 0.232 e. The highest BCUT2D eigenvalue weighted by molar-refractivity contribution is 5.58. The van der Waals surface area contributed by atoms with Gasteiger partial charge >= 0.3 is 0 Å². The minimum Gasteiger partial charge on any atom is -0.419 e. The van der Waals surface area contributed by atoms with E-state index in [4.69, 9.17) is 14.4 Å². The summed E-state index contributed by atoms with van der Waals surface area (Å²) in [4.78, 5) is 4.08. The van der Waals surface area contributed by atoms with E-state index in [0.29, 0.717) is 24.6 Å². The van der Waals surface area contributed by atoms with Crippen molar-refractivity contribution in [3.63, 3.8) is 0 Å². The molecule has 0 saturated carbocycles. The highest BCUT2D eigenvalue weighted by atomic mass is 19.1.